The van der Waals surface area contributed by atoms with Gasteiger partial charge in [0.2, 0.25) is 5.91 Å². The zero-order valence-corrected chi connectivity index (χ0v) is 21.7. The number of hydrogen-bond donors (Lipinski definition) is 2. The molecule has 1 spiro atoms. The lowest BCUT2D eigenvalue weighted by atomic mass is 9.77. The van der Waals surface area contributed by atoms with Gasteiger partial charge in [0.25, 0.3) is 5.91 Å². The third-order valence-corrected chi connectivity index (χ3v) is 7.96. The second-order valence-electron chi connectivity index (χ2n) is 9.86. The maximum Gasteiger partial charge on any atom is 0.253 e. The molecule has 0 bridgehead atoms. The van der Waals surface area contributed by atoms with Crippen LogP contribution in [0.5, 0.6) is 11.5 Å². The van der Waals surface area contributed by atoms with Gasteiger partial charge in [-0.15, -0.1) is 0 Å². The van der Waals surface area contributed by atoms with E-state index in [9.17, 15) is 9.59 Å². The van der Waals surface area contributed by atoms with Crippen LogP contribution in [0, 0.1) is 10.8 Å². The van der Waals surface area contributed by atoms with Gasteiger partial charge in [0, 0.05) is 60.5 Å². The Morgan fingerprint density at radius 3 is 2.34 bits per heavy atom. The average molecular weight is 513 g/mol. The SMILES string of the molecule is COc1ccc2cc(C(=O)N3CCC4(CC3)CCN(c3ccc(/C(C=N)=C/N)c(OC)c3)C4=O)ccc2c1. The van der Waals surface area contributed by atoms with Crippen LogP contribution < -0.4 is 20.1 Å². The smallest absolute Gasteiger partial charge is 0.253 e. The molecule has 5 rings (SSSR count). The molecule has 2 fully saturated rings. The number of nitrogens with two attached hydrogens (primary N) is 1. The van der Waals surface area contributed by atoms with Gasteiger partial charge in [-0.25, -0.2) is 0 Å². The lowest BCUT2D eigenvalue weighted by Crippen LogP contribution is -2.46. The average Bonchev–Trinajstić information content (AvgIpc) is 3.28. The van der Waals surface area contributed by atoms with Crippen LogP contribution in [0.15, 0.2) is 60.8 Å². The van der Waals surface area contributed by atoms with Crippen molar-refractivity contribution in [1.29, 1.82) is 5.41 Å². The summed E-state index contributed by atoms with van der Waals surface area (Å²) >= 11 is 0. The molecular weight excluding hydrogens is 480 g/mol. The summed E-state index contributed by atoms with van der Waals surface area (Å²) in [5.41, 5.74) is 7.86. The predicted octanol–water partition coefficient (Wildman–Crippen LogP) is 4.47. The van der Waals surface area contributed by atoms with E-state index in [1.54, 1.807) is 14.2 Å². The summed E-state index contributed by atoms with van der Waals surface area (Å²) in [6.45, 7) is 1.71. The number of fused-ring (bicyclic) bond motifs is 1. The zero-order chi connectivity index (χ0) is 26.9. The van der Waals surface area contributed by atoms with Crippen LogP contribution in [0.3, 0.4) is 0 Å². The van der Waals surface area contributed by atoms with E-state index in [2.05, 4.69) is 0 Å². The summed E-state index contributed by atoms with van der Waals surface area (Å²) in [5.74, 6) is 1.44. The van der Waals surface area contributed by atoms with Crippen molar-refractivity contribution in [2.24, 2.45) is 11.1 Å². The Kier molecular flexibility index (Phi) is 6.80. The Bertz CT molecular complexity index is 1440. The van der Waals surface area contributed by atoms with Gasteiger partial charge in [0.1, 0.15) is 11.5 Å². The molecule has 2 aliphatic rings. The molecule has 3 aromatic carbocycles. The van der Waals surface area contributed by atoms with E-state index in [1.165, 1.54) is 12.4 Å². The van der Waals surface area contributed by atoms with E-state index in [0.717, 1.165) is 28.6 Å². The highest BCUT2D eigenvalue weighted by Gasteiger charge is 2.49. The number of likely N-dealkylation sites (tertiary alicyclic amines) is 1. The molecule has 38 heavy (non-hydrogen) atoms. The minimum atomic E-state index is -0.458. The van der Waals surface area contributed by atoms with Crippen molar-refractivity contribution in [2.45, 2.75) is 19.3 Å². The summed E-state index contributed by atoms with van der Waals surface area (Å²) < 4.78 is 10.8. The van der Waals surface area contributed by atoms with Crippen molar-refractivity contribution >= 4 is 40.1 Å². The van der Waals surface area contributed by atoms with Gasteiger partial charge in [-0.3, -0.25) is 9.59 Å². The quantitative estimate of drug-likeness (QED) is 0.474. The lowest BCUT2D eigenvalue weighted by molar-refractivity contribution is -0.127. The standard InChI is InChI=1S/C30H32N4O4/c1-37-25-7-5-20-15-22(4-3-21(20)16-25)28(35)33-12-9-30(10-13-33)11-14-34(29(30)36)24-6-8-26(23(18-31)19-32)27(17-24)38-2/h3-8,15-19,31H,9-14,32H2,1-2H3/b23-19+,31-18?. The number of nitrogens with one attached hydrogen (secondary N) is 1. The van der Waals surface area contributed by atoms with Crippen molar-refractivity contribution in [3.8, 4) is 11.5 Å². The van der Waals surface area contributed by atoms with Gasteiger partial charge < -0.3 is 30.4 Å². The van der Waals surface area contributed by atoms with Gasteiger partial charge in [-0.05, 0) is 66.4 Å². The molecule has 2 aliphatic heterocycles. The van der Waals surface area contributed by atoms with E-state index in [0.29, 0.717) is 54.9 Å². The van der Waals surface area contributed by atoms with Crippen LogP contribution in [0.1, 0.15) is 35.2 Å². The molecule has 2 heterocycles. The first-order valence-electron chi connectivity index (χ1n) is 12.7. The summed E-state index contributed by atoms with van der Waals surface area (Å²) in [4.78, 5) is 30.6. The van der Waals surface area contributed by atoms with Gasteiger partial charge in [-0.1, -0.05) is 12.1 Å². The number of carbonyl (C=O) groups is 2. The molecule has 8 heteroatoms. The maximum absolute atomic E-state index is 13.7. The number of methoxy groups -OCH3 is 2. The molecule has 2 saturated heterocycles. The Labute approximate surface area is 222 Å². The molecule has 0 radical (unpaired) electrons. The van der Waals surface area contributed by atoms with E-state index in [1.807, 2.05) is 64.4 Å². The Balaban J connectivity index is 1.29. The fourth-order valence-electron chi connectivity index (χ4n) is 5.64. The maximum atomic E-state index is 13.7. The topological polar surface area (TPSA) is 109 Å². The summed E-state index contributed by atoms with van der Waals surface area (Å²) in [7, 11) is 3.20. The van der Waals surface area contributed by atoms with Gasteiger partial charge in [0.05, 0.1) is 19.6 Å². The van der Waals surface area contributed by atoms with Crippen LogP contribution in [-0.2, 0) is 4.79 Å². The van der Waals surface area contributed by atoms with Crippen LogP contribution in [0.4, 0.5) is 5.69 Å². The van der Waals surface area contributed by atoms with Crippen molar-refractivity contribution in [2.75, 3.05) is 38.8 Å². The molecule has 196 valence electrons. The number of benzene rings is 3. The predicted molar refractivity (Wildman–Crippen MR) is 149 cm³/mol. The first kappa shape index (κ1) is 25.3. The summed E-state index contributed by atoms with van der Waals surface area (Å²) in [5, 5.41) is 9.59. The fraction of sp³-hybridized carbons (Fsp3) is 0.300. The van der Waals surface area contributed by atoms with Crippen molar-refractivity contribution in [1.82, 2.24) is 4.90 Å². The number of anilines is 1. The highest BCUT2D eigenvalue weighted by Crippen LogP contribution is 2.44. The van der Waals surface area contributed by atoms with E-state index >= 15 is 0 Å². The molecule has 0 unspecified atom stereocenters. The lowest BCUT2D eigenvalue weighted by Gasteiger charge is -2.38. The number of rotatable bonds is 6. The van der Waals surface area contributed by atoms with Crippen LogP contribution in [0.25, 0.3) is 16.3 Å². The highest BCUT2D eigenvalue weighted by atomic mass is 16.5. The molecule has 8 nitrogen and oxygen atoms in total. The number of ether oxygens (including phenoxy) is 2. The number of piperidine rings is 1. The minimum Gasteiger partial charge on any atom is -0.497 e. The van der Waals surface area contributed by atoms with E-state index in [4.69, 9.17) is 20.6 Å². The zero-order valence-electron chi connectivity index (χ0n) is 21.7. The molecule has 0 aliphatic carbocycles. The number of amides is 2. The molecule has 3 aromatic rings. The van der Waals surface area contributed by atoms with Gasteiger partial charge in [-0.2, -0.15) is 0 Å². The number of nitrogens with zero attached hydrogens (tertiary/aromatic N) is 2. The highest BCUT2D eigenvalue weighted by molar-refractivity contribution is 6.09. The first-order chi connectivity index (χ1) is 18.4. The van der Waals surface area contributed by atoms with Crippen LogP contribution >= 0.6 is 0 Å². The molecule has 3 N–H and O–H groups in total. The van der Waals surface area contributed by atoms with E-state index < -0.39 is 5.41 Å². The Morgan fingerprint density at radius 1 is 0.947 bits per heavy atom. The van der Waals surface area contributed by atoms with Crippen molar-refractivity contribution in [3.05, 3.63) is 71.9 Å². The summed E-state index contributed by atoms with van der Waals surface area (Å²) in [6.07, 6.45) is 4.58. The fourth-order valence-corrected chi connectivity index (χ4v) is 5.64. The second kappa shape index (κ2) is 10.2. The molecule has 2 amide bonds. The van der Waals surface area contributed by atoms with Crippen molar-refractivity contribution < 1.29 is 19.1 Å². The second-order valence-corrected chi connectivity index (χ2v) is 9.86. The van der Waals surface area contributed by atoms with Crippen molar-refractivity contribution in [3.63, 3.8) is 0 Å². The summed E-state index contributed by atoms with van der Waals surface area (Å²) in [6, 6.07) is 17.1. The van der Waals surface area contributed by atoms with Gasteiger partial charge >= 0.3 is 0 Å². The molecule has 0 aromatic heterocycles. The molecular formula is C30H32N4O4. The largest absolute Gasteiger partial charge is 0.497 e. The Hall–Kier alpha value is -4.33. The number of allylic oxidation sites excluding steroid dienone is 1. The number of hydrogen-bond acceptors (Lipinski definition) is 6. The minimum absolute atomic E-state index is 0.00449. The van der Waals surface area contributed by atoms with E-state index in [-0.39, 0.29) is 11.8 Å². The monoisotopic (exact) mass is 512 g/mol. The first-order valence-corrected chi connectivity index (χ1v) is 12.7. The van der Waals surface area contributed by atoms with Crippen LogP contribution in [0.2, 0.25) is 0 Å². The molecule has 0 atom stereocenters. The molecule has 0 saturated carbocycles. The Morgan fingerprint density at radius 2 is 1.66 bits per heavy atom. The normalized spacial score (nSPS) is 17.2. The number of carbonyl (C=O) groups excluding carboxylic acids is 2. The van der Waals surface area contributed by atoms with Crippen LogP contribution in [-0.4, -0.2) is 56.8 Å². The third-order valence-electron chi connectivity index (χ3n) is 7.96. The third kappa shape index (κ3) is 4.36. The van der Waals surface area contributed by atoms with Gasteiger partial charge in [0.15, 0.2) is 0 Å².